The highest BCUT2D eigenvalue weighted by atomic mass is 16.5. The zero-order valence-corrected chi connectivity index (χ0v) is 18.0. The molecule has 9 heteroatoms. The van der Waals surface area contributed by atoms with Crippen LogP contribution in [0.2, 0.25) is 0 Å². The Morgan fingerprint density at radius 1 is 1.16 bits per heavy atom. The third-order valence-electron chi connectivity index (χ3n) is 5.72. The average Bonchev–Trinajstić information content (AvgIpc) is 3.35. The van der Waals surface area contributed by atoms with Gasteiger partial charge in [0.25, 0.3) is 0 Å². The van der Waals surface area contributed by atoms with Gasteiger partial charge in [0.05, 0.1) is 25.0 Å². The molecule has 2 aromatic carbocycles. The second-order valence-electron chi connectivity index (χ2n) is 7.86. The highest BCUT2D eigenvalue weighted by Gasteiger charge is 2.28. The number of nitrogens with zero attached hydrogens (tertiary/aromatic N) is 6. The molecular weight excluding hydrogens is 408 g/mol. The highest BCUT2D eigenvalue weighted by molar-refractivity contribution is 5.87. The largest absolute Gasteiger partial charge is 0.497 e. The summed E-state index contributed by atoms with van der Waals surface area (Å²) in [5.41, 5.74) is 4.40. The van der Waals surface area contributed by atoms with Crippen LogP contribution in [-0.2, 0) is 13.0 Å². The lowest BCUT2D eigenvalue weighted by Crippen LogP contribution is -2.12. The van der Waals surface area contributed by atoms with Crippen LogP contribution in [-0.4, -0.2) is 56.6 Å². The third kappa shape index (κ3) is 3.18. The van der Waals surface area contributed by atoms with Gasteiger partial charge in [0, 0.05) is 31.8 Å². The van der Waals surface area contributed by atoms with Crippen LogP contribution in [0.5, 0.6) is 5.75 Å². The molecule has 0 saturated carbocycles. The first-order valence-electron chi connectivity index (χ1n) is 10.1. The molecule has 0 radical (unpaired) electrons. The van der Waals surface area contributed by atoms with Crippen LogP contribution in [0.15, 0.2) is 48.8 Å². The maximum atomic E-state index is 11.8. The third-order valence-corrected chi connectivity index (χ3v) is 5.72. The van der Waals surface area contributed by atoms with Gasteiger partial charge in [-0.3, -0.25) is 4.57 Å². The Morgan fingerprint density at radius 2 is 1.94 bits per heavy atom. The minimum absolute atomic E-state index is 0.0228. The van der Waals surface area contributed by atoms with E-state index in [1.54, 1.807) is 13.4 Å². The van der Waals surface area contributed by atoms with Gasteiger partial charge < -0.3 is 19.3 Å². The van der Waals surface area contributed by atoms with Gasteiger partial charge in [0.1, 0.15) is 17.9 Å². The number of rotatable bonds is 5. The van der Waals surface area contributed by atoms with E-state index in [-0.39, 0.29) is 5.69 Å². The van der Waals surface area contributed by atoms with Crippen molar-refractivity contribution in [1.82, 2.24) is 24.3 Å². The molecule has 0 spiro atoms. The van der Waals surface area contributed by atoms with E-state index in [0.29, 0.717) is 30.2 Å². The molecule has 3 heterocycles. The molecule has 0 bridgehead atoms. The molecule has 1 aliphatic rings. The Bertz CT molecular complexity index is 1320. The molecule has 0 atom stereocenters. The molecule has 1 N–H and O–H groups in total. The normalized spacial score (nSPS) is 11.8. The van der Waals surface area contributed by atoms with E-state index < -0.39 is 5.97 Å². The molecule has 0 amide bonds. The van der Waals surface area contributed by atoms with E-state index in [4.69, 9.17) is 4.74 Å². The van der Waals surface area contributed by atoms with Gasteiger partial charge >= 0.3 is 5.97 Å². The van der Waals surface area contributed by atoms with Crippen molar-refractivity contribution in [2.45, 2.75) is 13.0 Å². The molecule has 5 rings (SSSR count). The number of anilines is 1. The van der Waals surface area contributed by atoms with Crippen molar-refractivity contribution in [1.29, 1.82) is 0 Å². The zero-order valence-electron chi connectivity index (χ0n) is 18.0. The molecule has 9 nitrogen and oxygen atoms in total. The standard InChI is InChI=1S/C23H22N6O3/c1-27(2)15-6-4-14(5-7-15)10-20-25-26-22-17-11-16(32-3)8-9-18(17)29-13-24-21(23(30)31)19(29)12-28(20)22/h4-9,11,13H,10,12H2,1-3H3,(H,30,31). The molecule has 162 valence electrons. The summed E-state index contributed by atoms with van der Waals surface area (Å²) in [6, 6.07) is 13.9. The fourth-order valence-electron chi connectivity index (χ4n) is 4.02. The van der Waals surface area contributed by atoms with Crippen molar-refractivity contribution in [2.24, 2.45) is 0 Å². The van der Waals surface area contributed by atoms with E-state index in [1.807, 2.05) is 46.3 Å². The van der Waals surface area contributed by atoms with Crippen molar-refractivity contribution in [3.63, 3.8) is 0 Å². The van der Waals surface area contributed by atoms with Gasteiger partial charge in [-0.2, -0.15) is 0 Å². The smallest absolute Gasteiger partial charge is 0.356 e. The van der Waals surface area contributed by atoms with Crippen LogP contribution in [0.3, 0.4) is 0 Å². The molecular formula is C23H22N6O3. The molecule has 0 aliphatic carbocycles. The number of aromatic carboxylic acids is 1. The van der Waals surface area contributed by atoms with E-state index in [0.717, 1.165) is 28.3 Å². The number of methoxy groups -OCH3 is 1. The summed E-state index contributed by atoms with van der Waals surface area (Å²) in [7, 11) is 5.61. The predicted molar refractivity (Wildman–Crippen MR) is 119 cm³/mol. The Kier molecular flexibility index (Phi) is 4.66. The Balaban J connectivity index is 1.64. The number of imidazole rings is 1. The van der Waals surface area contributed by atoms with Crippen molar-refractivity contribution in [2.75, 3.05) is 26.1 Å². The van der Waals surface area contributed by atoms with Gasteiger partial charge in [-0.1, -0.05) is 12.1 Å². The first-order valence-corrected chi connectivity index (χ1v) is 10.1. The molecule has 32 heavy (non-hydrogen) atoms. The molecule has 0 fully saturated rings. The number of carbonyl (C=O) groups is 1. The zero-order chi connectivity index (χ0) is 22.4. The Morgan fingerprint density at radius 3 is 2.62 bits per heavy atom. The summed E-state index contributed by atoms with van der Waals surface area (Å²) >= 11 is 0. The van der Waals surface area contributed by atoms with Crippen LogP contribution in [0.25, 0.3) is 17.1 Å². The summed E-state index contributed by atoms with van der Waals surface area (Å²) in [6.45, 7) is 0.298. The second-order valence-corrected chi connectivity index (χ2v) is 7.86. The maximum absolute atomic E-state index is 11.8. The SMILES string of the molecule is COc1ccc2c(c1)-c1nnc(Cc3ccc(N(C)C)cc3)n1Cc1c(C(=O)O)ncn1-2. The molecule has 4 aromatic rings. The minimum Gasteiger partial charge on any atom is -0.497 e. The summed E-state index contributed by atoms with van der Waals surface area (Å²) in [5, 5.41) is 18.6. The lowest BCUT2D eigenvalue weighted by molar-refractivity contribution is 0.0689. The number of fused-ring (bicyclic) bond motifs is 5. The molecule has 1 aliphatic heterocycles. The van der Waals surface area contributed by atoms with Crippen LogP contribution in [0.1, 0.15) is 27.6 Å². The van der Waals surface area contributed by atoms with Gasteiger partial charge in [0.15, 0.2) is 11.5 Å². The van der Waals surface area contributed by atoms with Crippen LogP contribution < -0.4 is 9.64 Å². The highest BCUT2D eigenvalue weighted by Crippen LogP contribution is 2.35. The minimum atomic E-state index is -1.06. The van der Waals surface area contributed by atoms with Crippen molar-refractivity contribution in [3.8, 4) is 22.8 Å². The number of ether oxygens (including phenoxy) is 1. The quantitative estimate of drug-likeness (QED) is 0.458. The second kappa shape index (κ2) is 7.52. The van der Waals surface area contributed by atoms with Crippen molar-refractivity contribution in [3.05, 3.63) is 71.6 Å². The summed E-state index contributed by atoms with van der Waals surface area (Å²) in [5.74, 6) is 1.03. The van der Waals surface area contributed by atoms with Gasteiger partial charge in [-0.15, -0.1) is 10.2 Å². The lowest BCUT2D eigenvalue weighted by atomic mass is 10.1. The summed E-state index contributed by atoms with van der Waals surface area (Å²) in [6.07, 6.45) is 2.11. The first-order chi connectivity index (χ1) is 15.5. The summed E-state index contributed by atoms with van der Waals surface area (Å²) < 4.78 is 9.19. The van der Waals surface area contributed by atoms with Gasteiger partial charge in [-0.05, 0) is 35.9 Å². The van der Waals surface area contributed by atoms with Crippen molar-refractivity contribution < 1.29 is 14.6 Å². The monoisotopic (exact) mass is 430 g/mol. The van der Waals surface area contributed by atoms with E-state index >= 15 is 0 Å². The molecule has 2 aromatic heterocycles. The van der Waals surface area contributed by atoms with Crippen LogP contribution in [0.4, 0.5) is 5.69 Å². The lowest BCUT2D eigenvalue weighted by Gasteiger charge is -2.13. The first kappa shape index (κ1) is 19.8. The number of aromatic nitrogens is 5. The number of carboxylic acids is 1. The fraction of sp³-hybridized carbons (Fsp3) is 0.217. The predicted octanol–water partition coefficient (Wildman–Crippen LogP) is 2.86. The van der Waals surface area contributed by atoms with Gasteiger partial charge in [0.2, 0.25) is 0 Å². The summed E-state index contributed by atoms with van der Waals surface area (Å²) in [4.78, 5) is 18.0. The van der Waals surface area contributed by atoms with E-state index in [9.17, 15) is 9.90 Å². The number of hydrogen-bond acceptors (Lipinski definition) is 6. The molecule has 0 saturated heterocycles. The van der Waals surface area contributed by atoms with Crippen molar-refractivity contribution >= 4 is 11.7 Å². The number of benzene rings is 2. The van der Waals surface area contributed by atoms with E-state index in [1.165, 1.54) is 0 Å². The van der Waals surface area contributed by atoms with Gasteiger partial charge in [-0.25, -0.2) is 9.78 Å². The Labute approximate surface area is 184 Å². The average molecular weight is 430 g/mol. The van der Waals surface area contributed by atoms with Crippen LogP contribution in [0, 0.1) is 0 Å². The van der Waals surface area contributed by atoms with E-state index in [2.05, 4.69) is 39.4 Å². The van der Waals surface area contributed by atoms with Crippen LogP contribution >= 0.6 is 0 Å². The maximum Gasteiger partial charge on any atom is 0.356 e. The number of hydrogen-bond donors (Lipinski definition) is 1. The topological polar surface area (TPSA) is 98.3 Å². The fourth-order valence-corrected chi connectivity index (χ4v) is 4.02. The molecule has 0 unspecified atom stereocenters. The Hall–Kier alpha value is -4.14. The number of carboxylic acid groups (broad SMARTS) is 1.